The van der Waals surface area contributed by atoms with Crippen molar-refractivity contribution in [3.8, 4) is 17.1 Å². The lowest BCUT2D eigenvalue weighted by Gasteiger charge is -2.11. The highest BCUT2D eigenvalue weighted by Crippen LogP contribution is 2.25. The van der Waals surface area contributed by atoms with Crippen LogP contribution in [0.25, 0.3) is 11.4 Å². The number of benzene rings is 2. The maximum absolute atomic E-state index is 12.4. The minimum atomic E-state index is -0.192. The molecule has 0 spiro atoms. The molecule has 0 saturated carbocycles. The zero-order chi connectivity index (χ0) is 20.2. The van der Waals surface area contributed by atoms with Crippen LogP contribution in [-0.2, 0) is 17.8 Å². The van der Waals surface area contributed by atoms with E-state index in [-0.39, 0.29) is 12.5 Å². The first-order chi connectivity index (χ1) is 14.1. The monoisotopic (exact) mass is 390 g/mol. The number of fused-ring (bicyclic) bond motifs is 1. The molecule has 0 saturated heterocycles. The first-order valence-corrected chi connectivity index (χ1v) is 10.1. The van der Waals surface area contributed by atoms with Gasteiger partial charge in [-0.15, -0.1) is 10.2 Å². The molecule has 0 atom stereocenters. The standard InChI is InChI=1S/C23H26N4O2/c1-16-10-11-17(2)20(13-16)29-15-22(28)24-19-8-6-7-18(14-19)23-26-25-21-9-4-3-5-12-27(21)23/h6-8,10-11,13-14H,3-5,9,12,15H2,1-2H3,(H,24,28). The van der Waals surface area contributed by atoms with Gasteiger partial charge < -0.3 is 14.6 Å². The van der Waals surface area contributed by atoms with Gasteiger partial charge in [0.2, 0.25) is 0 Å². The molecule has 29 heavy (non-hydrogen) atoms. The van der Waals surface area contributed by atoms with Gasteiger partial charge in [0.15, 0.2) is 12.4 Å². The number of carbonyl (C=O) groups is 1. The van der Waals surface area contributed by atoms with E-state index in [2.05, 4.69) is 20.1 Å². The molecule has 1 amide bonds. The lowest BCUT2D eigenvalue weighted by molar-refractivity contribution is -0.118. The number of aryl methyl sites for hydroxylation is 3. The Hall–Kier alpha value is -3.15. The van der Waals surface area contributed by atoms with Crippen LogP contribution in [0.5, 0.6) is 5.75 Å². The second-order valence-corrected chi connectivity index (χ2v) is 7.59. The van der Waals surface area contributed by atoms with Crippen molar-refractivity contribution in [2.75, 3.05) is 11.9 Å². The van der Waals surface area contributed by atoms with Crippen LogP contribution >= 0.6 is 0 Å². The molecule has 3 aromatic rings. The Bertz CT molecular complexity index is 1030. The number of hydrogen-bond donors (Lipinski definition) is 1. The van der Waals surface area contributed by atoms with E-state index in [9.17, 15) is 4.79 Å². The highest BCUT2D eigenvalue weighted by molar-refractivity contribution is 5.92. The number of amides is 1. The Morgan fingerprint density at radius 1 is 1.10 bits per heavy atom. The molecule has 2 heterocycles. The smallest absolute Gasteiger partial charge is 0.262 e. The van der Waals surface area contributed by atoms with Crippen LogP contribution in [0, 0.1) is 13.8 Å². The van der Waals surface area contributed by atoms with E-state index in [0.29, 0.717) is 0 Å². The van der Waals surface area contributed by atoms with Crippen molar-refractivity contribution in [2.45, 2.75) is 46.1 Å². The quantitative estimate of drug-likeness (QED) is 0.705. The zero-order valence-electron chi connectivity index (χ0n) is 16.9. The Morgan fingerprint density at radius 3 is 2.90 bits per heavy atom. The number of hydrogen-bond acceptors (Lipinski definition) is 4. The molecule has 0 fully saturated rings. The minimum absolute atomic E-state index is 0.0329. The van der Waals surface area contributed by atoms with E-state index in [0.717, 1.165) is 65.6 Å². The van der Waals surface area contributed by atoms with Crippen molar-refractivity contribution in [2.24, 2.45) is 0 Å². The van der Waals surface area contributed by atoms with Crippen molar-refractivity contribution in [1.29, 1.82) is 0 Å². The fraction of sp³-hybridized carbons (Fsp3) is 0.348. The summed E-state index contributed by atoms with van der Waals surface area (Å²) in [5.41, 5.74) is 3.80. The summed E-state index contributed by atoms with van der Waals surface area (Å²) in [4.78, 5) is 12.4. The van der Waals surface area contributed by atoms with Crippen molar-refractivity contribution in [3.05, 3.63) is 59.4 Å². The van der Waals surface area contributed by atoms with E-state index >= 15 is 0 Å². The van der Waals surface area contributed by atoms with E-state index < -0.39 is 0 Å². The molecular weight excluding hydrogens is 364 g/mol. The Balaban J connectivity index is 1.45. The third-order valence-corrected chi connectivity index (χ3v) is 5.22. The normalized spacial score (nSPS) is 13.4. The van der Waals surface area contributed by atoms with E-state index in [1.807, 2.05) is 56.3 Å². The van der Waals surface area contributed by atoms with Gasteiger partial charge in [0.1, 0.15) is 11.6 Å². The second-order valence-electron chi connectivity index (χ2n) is 7.59. The van der Waals surface area contributed by atoms with E-state index in [4.69, 9.17) is 4.74 Å². The first-order valence-electron chi connectivity index (χ1n) is 10.1. The molecule has 1 aliphatic heterocycles. The van der Waals surface area contributed by atoms with Gasteiger partial charge in [0, 0.05) is 24.2 Å². The summed E-state index contributed by atoms with van der Waals surface area (Å²) in [5.74, 6) is 2.46. The van der Waals surface area contributed by atoms with Gasteiger partial charge in [-0.1, -0.05) is 30.7 Å². The van der Waals surface area contributed by atoms with Crippen LogP contribution in [0.2, 0.25) is 0 Å². The first kappa shape index (κ1) is 19.2. The molecule has 2 aromatic carbocycles. The Morgan fingerprint density at radius 2 is 2.00 bits per heavy atom. The predicted molar refractivity (Wildman–Crippen MR) is 113 cm³/mol. The molecule has 0 bridgehead atoms. The lowest BCUT2D eigenvalue weighted by atomic mass is 10.1. The van der Waals surface area contributed by atoms with Crippen molar-refractivity contribution >= 4 is 11.6 Å². The van der Waals surface area contributed by atoms with Crippen molar-refractivity contribution in [1.82, 2.24) is 14.8 Å². The molecule has 0 unspecified atom stereocenters. The third kappa shape index (κ3) is 4.47. The molecule has 4 rings (SSSR count). The van der Waals surface area contributed by atoms with E-state index in [1.54, 1.807) is 0 Å². The highest BCUT2D eigenvalue weighted by atomic mass is 16.5. The van der Waals surface area contributed by atoms with Gasteiger partial charge in [-0.25, -0.2) is 0 Å². The molecule has 1 aromatic heterocycles. The van der Waals surface area contributed by atoms with Gasteiger partial charge in [-0.3, -0.25) is 4.79 Å². The summed E-state index contributed by atoms with van der Waals surface area (Å²) in [7, 11) is 0. The fourth-order valence-electron chi connectivity index (χ4n) is 3.64. The number of anilines is 1. The average Bonchev–Trinajstić information content (AvgIpc) is 2.97. The fourth-order valence-corrected chi connectivity index (χ4v) is 3.64. The molecule has 1 N–H and O–H groups in total. The van der Waals surface area contributed by atoms with Crippen molar-refractivity contribution < 1.29 is 9.53 Å². The van der Waals surface area contributed by atoms with Crippen LogP contribution in [0.4, 0.5) is 5.69 Å². The number of ether oxygens (including phenoxy) is 1. The second kappa shape index (κ2) is 8.47. The summed E-state index contributed by atoms with van der Waals surface area (Å²) in [6.45, 7) is 4.88. The summed E-state index contributed by atoms with van der Waals surface area (Å²) < 4.78 is 7.91. The molecule has 150 valence electrons. The largest absolute Gasteiger partial charge is 0.483 e. The molecule has 0 aliphatic carbocycles. The predicted octanol–water partition coefficient (Wildman–Crippen LogP) is 4.31. The number of rotatable bonds is 5. The van der Waals surface area contributed by atoms with Crippen LogP contribution < -0.4 is 10.1 Å². The van der Waals surface area contributed by atoms with Crippen LogP contribution in [-0.4, -0.2) is 27.3 Å². The topological polar surface area (TPSA) is 69.0 Å². The number of nitrogens with one attached hydrogen (secondary N) is 1. The summed E-state index contributed by atoms with van der Waals surface area (Å²) >= 11 is 0. The Labute approximate surface area is 170 Å². The van der Waals surface area contributed by atoms with Crippen LogP contribution in [0.3, 0.4) is 0 Å². The van der Waals surface area contributed by atoms with E-state index in [1.165, 1.54) is 6.42 Å². The molecular formula is C23H26N4O2. The number of carbonyl (C=O) groups excluding carboxylic acids is 1. The van der Waals surface area contributed by atoms with Gasteiger partial charge in [0.05, 0.1) is 0 Å². The lowest BCUT2D eigenvalue weighted by Crippen LogP contribution is -2.20. The SMILES string of the molecule is Cc1ccc(C)c(OCC(=O)Nc2cccc(-c3nnc4n3CCCCC4)c2)c1. The van der Waals surface area contributed by atoms with Crippen molar-refractivity contribution in [3.63, 3.8) is 0 Å². The summed E-state index contributed by atoms with van der Waals surface area (Å²) in [6.07, 6.45) is 4.50. The maximum atomic E-state index is 12.4. The molecule has 1 aliphatic rings. The van der Waals surface area contributed by atoms with Gasteiger partial charge >= 0.3 is 0 Å². The van der Waals surface area contributed by atoms with Crippen LogP contribution in [0.1, 0.15) is 36.2 Å². The van der Waals surface area contributed by atoms with Gasteiger partial charge in [-0.2, -0.15) is 0 Å². The number of nitrogens with zero attached hydrogens (tertiary/aromatic N) is 3. The zero-order valence-corrected chi connectivity index (χ0v) is 16.9. The van der Waals surface area contributed by atoms with Gasteiger partial charge in [-0.05, 0) is 56.0 Å². The summed E-state index contributed by atoms with van der Waals surface area (Å²) in [5, 5.41) is 11.7. The number of aromatic nitrogens is 3. The average molecular weight is 390 g/mol. The summed E-state index contributed by atoms with van der Waals surface area (Å²) in [6, 6.07) is 13.7. The van der Waals surface area contributed by atoms with Crippen LogP contribution in [0.15, 0.2) is 42.5 Å². The molecule has 0 radical (unpaired) electrons. The third-order valence-electron chi connectivity index (χ3n) is 5.22. The van der Waals surface area contributed by atoms with Gasteiger partial charge in [0.25, 0.3) is 5.91 Å². The molecule has 6 heteroatoms. The highest BCUT2D eigenvalue weighted by Gasteiger charge is 2.16. The minimum Gasteiger partial charge on any atom is -0.483 e. The maximum Gasteiger partial charge on any atom is 0.262 e. The Kier molecular flexibility index (Phi) is 5.60. The molecule has 6 nitrogen and oxygen atoms in total.